The predicted molar refractivity (Wildman–Crippen MR) is 89.4 cm³/mol. The van der Waals surface area contributed by atoms with Gasteiger partial charge < -0.3 is 9.88 Å². The molecule has 0 aliphatic rings. The standard InChI is InChI=1S/C18H17N3O2/c1-13(22)16-12-21(17-7-3-2-6-15(16)17)10-8-18(23)20-14-5-4-9-19-11-14/h2-7,9,11-12H,8,10H2,1H3,(H,20,23). The second kappa shape index (κ2) is 6.44. The second-order valence-corrected chi connectivity index (χ2v) is 5.35. The summed E-state index contributed by atoms with van der Waals surface area (Å²) in [6, 6.07) is 11.3. The van der Waals surface area contributed by atoms with E-state index in [4.69, 9.17) is 0 Å². The van der Waals surface area contributed by atoms with E-state index in [0.29, 0.717) is 24.2 Å². The molecule has 3 aromatic rings. The number of fused-ring (bicyclic) bond motifs is 1. The maximum Gasteiger partial charge on any atom is 0.226 e. The fourth-order valence-corrected chi connectivity index (χ4v) is 2.59. The van der Waals surface area contributed by atoms with Crippen LogP contribution in [0.15, 0.2) is 55.0 Å². The van der Waals surface area contributed by atoms with Gasteiger partial charge in [-0.05, 0) is 25.1 Å². The van der Waals surface area contributed by atoms with Crippen LogP contribution in [-0.4, -0.2) is 21.2 Å². The number of carbonyl (C=O) groups excluding carboxylic acids is 2. The normalized spacial score (nSPS) is 10.7. The van der Waals surface area contributed by atoms with E-state index in [1.807, 2.05) is 35.0 Å². The van der Waals surface area contributed by atoms with Gasteiger partial charge in [0.2, 0.25) is 5.91 Å². The number of para-hydroxylation sites is 1. The number of hydrogen-bond acceptors (Lipinski definition) is 3. The largest absolute Gasteiger partial charge is 0.346 e. The van der Waals surface area contributed by atoms with Gasteiger partial charge >= 0.3 is 0 Å². The Morgan fingerprint density at radius 2 is 2.00 bits per heavy atom. The molecule has 1 N–H and O–H groups in total. The minimum absolute atomic E-state index is 0.0276. The zero-order chi connectivity index (χ0) is 16.2. The molecule has 3 rings (SSSR count). The van der Waals surface area contributed by atoms with Crippen LogP contribution in [-0.2, 0) is 11.3 Å². The zero-order valence-corrected chi connectivity index (χ0v) is 12.8. The van der Waals surface area contributed by atoms with E-state index in [1.54, 1.807) is 31.5 Å². The van der Waals surface area contributed by atoms with Gasteiger partial charge in [-0.2, -0.15) is 0 Å². The van der Waals surface area contributed by atoms with E-state index in [1.165, 1.54) is 0 Å². The van der Waals surface area contributed by atoms with Crippen LogP contribution < -0.4 is 5.32 Å². The number of amides is 1. The summed E-state index contributed by atoms with van der Waals surface area (Å²) in [6.07, 6.45) is 5.41. The monoisotopic (exact) mass is 307 g/mol. The molecule has 116 valence electrons. The third kappa shape index (κ3) is 3.29. The number of ketones is 1. The Balaban J connectivity index is 1.74. The van der Waals surface area contributed by atoms with Crippen LogP contribution in [0.5, 0.6) is 0 Å². The van der Waals surface area contributed by atoms with Crippen molar-refractivity contribution < 1.29 is 9.59 Å². The molecule has 0 radical (unpaired) electrons. The topological polar surface area (TPSA) is 64.0 Å². The molecule has 2 aromatic heterocycles. The van der Waals surface area contributed by atoms with Crippen LogP contribution >= 0.6 is 0 Å². The fraction of sp³-hybridized carbons (Fsp3) is 0.167. The van der Waals surface area contributed by atoms with Crippen LogP contribution in [0.3, 0.4) is 0 Å². The van der Waals surface area contributed by atoms with Crippen molar-refractivity contribution in [2.24, 2.45) is 0 Å². The van der Waals surface area contributed by atoms with Crippen molar-refractivity contribution in [3.63, 3.8) is 0 Å². The zero-order valence-electron chi connectivity index (χ0n) is 12.8. The summed E-state index contributed by atoms with van der Waals surface area (Å²) < 4.78 is 1.95. The highest BCUT2D eigenvalue weighted by atomic mass is 16.1. The van der Waals surface area contributed by atoms with Gasteiger partial charge in [-0.3, -0.25) is 14.6 Å². The molecule has 0 saturated carbocycles. The number of benzene rings is 1. The maximum atomic E-state index is 12.0. The summed E-state index contributed by atoms with van der Waals surface area (Å²) in [4.78, 5) is 27.8. The number of rotatable bonds is 5. The molecule has 2 heterocycles. The molecule has 0 aliphatic heterocycles. The lowest BCUT2D eigenvalue weighted by molar-refractivity contribution is -0.116. The van der Waals surface area contributed by atoms with E-state index >= 15 is 0 Å². The molecule has 0 unspecified atom stereocenters. The van der Waals surface area contributed by atoms with Crippen molar-refractivity contribution in [2.45, 2.75) is 19.9 Å². The van der Waals surface area contributed by atoms with Crippen molar-refractivity contribution in [1.82, 2.24) is 9.55 Å². The Morgan fingerprint density at radius 1 is 1.17 bits per heavy atom. The molecule has 5 nitrogen and oxygen atoms in total. The first-order valence-corrected chi connectivity index (χ1v) is 7.44. The Morgan fingerprint density at radius 3 is 2.74 bits per heavy atom. The number of aromatic nitrogens is 2. The first kappa shape index (κ1) is 15.0. The second-order valence-electron chi connectivity index (χ2n) is 5.35. The number of anilines is 1. The number of aryl methyl sites for hydroxylation is 1. The third-order valence-electron chi connectivity index (χ3n) is 3.69. The molecule has 0 bridgehead atoms. The van der Waals surface area contributed by atoms with Gasteiger partial charge in [0.05, 0.1) is 11.9 Å². The Hall–Kier alpha value is -2.95. The van der Waals surface area contributed by atoms with Crippen LogP contribution in [0.2, 0.25) is 0 Å². The first-order chi connectivity index (χ1) is 11.1. The van der Waals surface area contributed by atoms with Crippen molar-refractivity contribution in [3.8, 4) is 0 Å². The van der Waals surface area contributed by atoms with Gasteiger partial charge in [0.15, 0.2) is 5.78 Å². The number of carbonyl (C=O) groups is 2. The third-order valence-corrected chi connectivity index (χ3v) is 3.69. The van der Waals surface area contributed by atoms with Gasteiger partial charge in [0, 0.05) is 41.8 Å². The van der Waals surface area contributed by atoms with Gasteiger partial charge in [-0.25, -0.2) is 0 Å². The van der Waals surface area contributed by atoms with E-state index < -0.39 is 0 Å². The lowest BCUT2D eigenvalue weighted by Crippen LogP contribution is -2.14. The van der Waals surface area contributed by atoms with E-state index in [0.717, 1.165) is 10.9 Å². The first-order valence-electron chi connectivity index (χ1n) is 7.44. The smallest absolute Gasteiger partial charge is 0.226 e. The molecule has 1 aromatic carbocycles. The molecule has 0 aliphatic carbocycles. The molecule has 1 amide bonds. The summed E-state index contributed by atoms with van der Waals surface area (Å²) in [5.74, 6) is -0.0556. The van der Waals surface area contributed by atoms with Crippen molar-refractivity contribution >= 4 is 28.3 Å². The average molecular weight is 307 g/mol. The maximum absolute atomic E-state index is 12.0. The molecule has 5 heteroatoms. The summed E-state index contributed by atoms with van der Waals surface area (Å²) in [5.41, 5.74) is 2.33. The highest BCUT2D eigenvalue weighted by Gasteiger charge is 2.12. The molecular formula is C18H17N3O2. The van der Waals surface area contributed by atoms with Gasteiger partial charge in [0.25, 0.3) is 0 Å². The number of hydrogen-bond donors (Lipinski definition) is 1. The Labute approximate surface area is 134 Å². The minimum Gasteiger partial charge on any atom is -0.346 e. The van der Waals surface area contributed by atoms with Crippen LogP contribution in [0.25, 0.3) is 10.9 Å². The van der Waals surface area contributed by atoms with Crippen molar-refractivity contribution in [3.05, 3.63) is 60.6 Å². The van der Waals surface area contributed by atoms with Gasteiger partial charge in [0.1, 0.15) is 0 Å². The highest BCUT2D eigenvalue weighted by molar-refractivity contribution is 6.07. The summed E-state index contributed by atoms with van der Waals surface area (Å²) >= 11 is 0. The average Bonchev–Trinajstić information content (AvgIpc) is 2.93. The van der Waals surface area contributed by atoms with E-state index in [2.05, 4.69) is 10.3 Å². The number of nitrogens with zero attached hydrogens (tertiary/aromatic N) is 2. The summed E-state index contributed by atoms with van der Waals surface area (Å²) in [6.45, 7) is 2.07. The SMILES string of the molecule is CC(=O)c1cn(CCC(=O)Nc2cccnc2)c2ccccc12. The molecule has 0 spiro atoms. The van der Waals surface area contributed by atoms with E-state index in [9.17, 15) is 9.59 Å². The number of Topliss-reactive ketones (excluding diaryl/α,β-unsaturated/α-hetero) is 1. The predicted octanol–water partition coefficient (Wildman–Crippen LogP) is 3.27. The number of pyridine rings is 1. The lowest BCUT2D eigenvalue weighted by atomic mass is 10.1. The van der Waals surface area contributed by atoms with Crippen molar-refractivity contribution in [2.75, 3.05) is 5.32 Å². The lowest BCUT2D eigenvalue weighted by Gasteiger charge is -2.06. The summed E-state index contributed by atoms with van der Waals surface area (Å²) in [7, 11) is 0. The highest BCUT2D eigenvalue weighted by Crippen LogP contribution is 2.22. The van der Waals surface area contributed by atoms with Crippen LogP contribution in [0.4, 0.5) is 5.69 Å². The van der Waals surface area contributed by atoms with Gasteiger partial charge in [-0.1, -0.05) is 18.2 Å². The van der Waals surface area contributed by atoms with Crippen LogP contribution in [0.1, 0.15) is 23.7 Å². The molecule has 0 fully saturated rings. The fourth-order valence-electron chi connectivity index (χ4n) is 2.59. The molecule has 23 heavy (non-hydrogen) atoms. The molecule has 0 atom stereocenters. The quantitative estimate of drug-likeness (QED) is 0.736. The van der Waals surface area contributed by atoms with Gasteiger partial charge in [-0.15, -0.1) is 0 Å². The Bertz CT molecular complexity index is 853. The van der Waals surface area contributed by atoms with Crippen LogP contribution in [0, 0.1) is 0 Å². The Kier molecular flexibility index (Phi) is 4.19. The summed E-state index contributed by atoms with van der Waals surface area (Å²) in [5, 5.41) is 3.73. The molecular weight excluding hydrogens is 290 g/mol. The number of nitrogens with one attached hydrogen (secondary N) is 1. The minimum atomic E-state index is -0.0832. The van der Waals surface area contributed by atoms with E-state index in [-0.39, 0.29) is 11.7 Å². The molecule has 0 saturated heterocycles. The van der Waals surface area contributed by atoms with Crippen molar-refractivity contribution in [1.29, 1.82) is 0 Å².